The largest absolute Gasteiger partial charge is 0.444 e. The number of piperidine rings is 1. The second-order valence-electron chi connectivity index (χ2n) is 11.1. The third kappa shape index (κ3) is 8.43. The van der Waals surface area contributed by atoms with E-state index < -0.39 is 21.5 Å². The van der Waals surface area contributed by atoms with E-state index in [-0.39, 0.29) is 37.4 Å². The van der Waals surface area contributed by atoms with Crippen molar-refractivity contribution in [3.8, 4) is 0 Å². The Morgan fingerprint density at radius 3 is 2.12 bits per heavy atom. The predicted molar refractivity (Wildman–Crippen MR) is 166 cm³/mol. The van der Waals surface area contributed by atoms with Gasteiger partial charge in [0.1, 0.15) is 13.3 Å². The number of hydrogen-bond acceptors (Lipinski definition) is 7. The minimum atomic E-state index is -3.74. The molecule has 1 atom stereocenters. The van der Waals surface area contributed by atoms with E-state index in [1.165, 1.54) is 4.31 Å². The van der Waals surface area contributed by atoms with Crippen LogP contribution in [-0.4, -0.2) is 93.4 Å². The Morgan fingerprint density at radius 2 is 1.53 bits per heavy atom. The number of methoxy groups -OCH3 is 1. The molecule has 43 heavy (non-hydrogen) atoms. The van der Waals surface area contributed by atoms with Gasteiger partial charge in [0.25, 0.3) is 0 Å². The molecule has 1 heterocycles. The molecule has 3 aromatic rings. The van der Waals surface area contributed by atoms with E-state index in [9.17, 15) is 18.3 Å². The zero-order valence-electron chi connectivity index (χ0n) is 25.0. The van der Waals surface area contributed by atoms with Gasteiger partial charge >= 0.3 is 6.09 Å². The van der Waals surface area contributed by atoms with Gasteiger partial charge in [0, 0.05) is 45.2 Å². The molecule has 1 amide bonds. The lowest BCUT2D eigenvalue weighted by Crippen LogP contribution is -2.50. The zero-order valence-corrected chi connectivity index (χ0v) is 25.9. The predicted octanol–water partition coefficient (Wildman–Crippen LogP) is 4.33. The Labute approximate surface area is 255 Å². The van der Waals surface area contributed by atoms with E-state index in [0.717, 1.165) is 37.1 Å². The lowest BCUT2D eigenvalue weighted by molar-refractivity contribution is 0.00127. The van der Waals surface area contributed by atoms with Crippen molar-refractivity contribution < 1.29 is 27.8 Å². The smallest absolute Gasteiger partial charge is 0.412 e. The molecule has 0 spiro atoms. The van der Waals surface area contributed by atoms with Crippen molar-refractivity contribution >= 4 is 16.1 Å². The number of likely N-dealkylation sites (tertiary alicyclic amines) is 1. The van der Waals surface area contributed by atoms with Gasteiger partial charge in [-0.3, -0.25) is 4.90 Å². The van der Waals surface area contributed by atoms with Crippen LogP contribution in [0.4, 0.5) is 4.79 Å². The van der Waals surface area contributed by atoms with Gasteiger partial charge in [0.15, 0.2) is 0 Å². The molecule has 3 aromatic carbocycles. The average Bonchev–Trinajstić information content (AvgIpc) is 3.06. The maximum atomic E-state index is 13.4. The second-order valence-corrected chi connectivity index (χ2v) is 13.2. The van der Waals surface area contributed by atoms with Crippen LogP contribution >= 0.6 is 0 Å². The number of nitrogens with zero attached hydrogens (tertiary/aromatic N) is 3. The molecule has 1 aliphatic rings. The standard InChI is InChI=1S/C33H43N3O6S/c1-34(43(39,40)31-16-10-5-11-17-31)25-33(26-37,29-14-8-4-9-15-29)20-23-35-21-18-30(19-22-35)36(27-41-2)32(38)42-24-28-12-6-3-7-13-28/h3-17,30,37H,18-27H2,1-2H3. The maximum Gasteiger partial charge on any atom is 0.412 e. The molecule has 0 saturated carbocycles. The summed E-state index contributed by atoms with van der Waals surface area (Å²) in [4.78, 5) is 17.2. The Kier molecular flexibility index (Phi) is 11.7. The van der Waals surface area contributed by atoms with E-state index in [2.05, 4.69) is 4.90 Å². The number of aliphatic hydroxyl groups excluding tert-OH is 1. The highest BCUT2D eigenvalue weighted by Gasteiger charge is 2.37. The quantitative estimate of drug-likeness (QED) is 0.272. The number of benzene rings is 3. The number of hydrogen-bond donors (Lipinski definition) is 1. The van der Waals surface area contributed by atoms with Gasteiger partial charge in [0.05, 0.1) is 11.5 Å². The number of ether oxygens (including phenoxy) is 2. The van der Waals surface area contributed by atoms with Gasteiger partial charge < -0.3 is 19.5 Å². The van der Waals surface area contributed by atoms with Crippen molar-refractivity contribution in [1.82, 2.24) is 14.1 Å². The SMILES string of the molecule is COCN(C(=O)OCc1ccccc1)C1CCN(CCC(CO)(CN(C)S(=O)(=O)c2ccccc2)c2ccccc2)CC1. The van der Waals surface area contributed by atoms with E-state index in [1.54, 1.807) is 49.4 Å². The molecule has 10 heteroatoms. The highest BCUT2D eigenvalue weighted by atomic mass is 32.2. The van der Waals surface area contributed by atoms with E-state index >= 15 is 0 Å². The molecular formula is C33H43N3O6S. The van der Waals surface area contributed by atoms with Crippen molar-refractivity contribution in [2.24, 2.45) is 0 Å². The first-order valence-electron chi connectivity index (χ1n) is 14.7. The molecule has 1 unspecified atom stereocenters. The minimum absolute atomic E-state index is 0.0154. The van der Waals surface area contributed by atoms with Gasteiger partial charge in [-0.25, -0.2) is 13.2 Å². The van der Waals surface area contributed by atoms with Crippen molar-refractivity contribution in [1.29, 1.82) is 0 Å². The molecule has 232 valence electrons. The average molecular weight is 610 g/mol. The molecule has 0 aliphatic carbocycles. The van der Waals surface area contributed by atoms with Crippen LogP contribution in [0.5, 0.6) is 0 Å². The number of likely N-dealkylation sites (N-methyl/N-ethyl adjacent to an activating group) is 1. The number of carbonyl (C=O) groups is 1. The van der Waals surface area contributed by atoms with Gasteiger partial charge in [-0.05, 0) is 49.1 Å². The van der Waals surface area contributed by atoms with Crippen molar-refractivity contribution in [2.45, 2.75) is 42.2 Å². The van der Waals surface area contributed by atoms with Crippen LogP contribution in [0.3, 0.4) is 0 Å². The summed E-state index contributed by atoms with van der Waals surface area (Å²) in [5, 5.41) is 10.8. The monoisotopic (exact) mass is 609 g/mol. The van der Waals surface area contributed by atoms with E-state index in [0.29, 0.717) is 13.0 Å². The summed E-state index contributed by atoms with van der Waals surface area (Å²) in [6.07, 6.45) is 1.68. The fourth-order valence-electron chi connectivity index (χ4n) is 5.69. The van der Waals surface area contributed by atoms with Crippen LogP contribution < -0.4 is 0 Å². The fourth-order valence-corrected chi connectivity index (χ4v) is 6.96. The molecule has 1 N–H and O–H groups in total. The van der Waals surface area contributed by atoms with Crippen molar-refractivity contribution in [2.75, 3.05) is 53.7 Å². The number of sulfonamides is 1. The van der Waals surface area contributed by atoms with E-state index in [4.69, 9.17) is 9.47 Å². The first-order valence-corrected chi connectivity index (χ1v) is 16.1. The molecule has 9 nitrogen and oxygen atoms in total. The Morgan fingerprint density at radius 1 is 0.953 bits per heavy atom. The van der Waals surface area contributed by atoms with Crippen LogP contribution in [0.2, 0.25) is 0 Å². The van der Waals surface area contributed by atoms with Gasteiger partial charge in [-0.15, -0.1) is 0 Å². The number of rotatable bonds is 14. The molecule has 1 fully saturated rings. The number of aliphatic hydroxyl groups is 1. The van der Waals surface area contributed by atoms with Gasteiger partial charge in [0.2, 0.25) is 10.0 Å². The van der Waals surface area contributed by atoms with Gasteiger partial charge in [-0.2, -0.15) is 4.31 Å². The first kappa shape index (κ1) is 32.6. The fraction of sp³-hybridized carbons (Fsp3) is 0.424. The Balaban J connectivity index is 1.40. The lowest BCUT2D eigenvalue weighted by Gasteiger charge is -2.40. The molecule has 1 aliphatic heterocycles. The zero-order chi connectivity index (χ0) is 30.7. The van der Waals surface area contributed by atoms with Crippen LogP contribution in [0, 0.1) is 0 Å². The van der Waals surface area contributed by atoms with Crippen LogP contribution in [-0.2, 0) is 31.5 Å². The Bertz CT molecular complexity index is 1370. The Hall–Kier alpha value is -3.28. The van der Waals surface area contributed by atoms with Crippen LogP contribution in [0.1, 0.15) is 30.4 Å². The van der Waals surface area contributed by atoms with Crippen LogP contribution in [0.25, 0.3) is 0 Å². The van der Waals surface area contributed by atoms with Gasteiger partial charge in [-0.1, -0.05) is 78.9 Å². The summed E-state index contributed by atoms with van der Waals surface area (Å²) < 4.78 is 39.0. The second kappa shape index (κ2) is 15.4. The third-order valence-electron chi connectivity index (χ3n) is 8.28. The molecular weight excluding hydrogens is 566 g/mol. The summed E-state index contributed by atoms with van der Waals surface area (Å²) >= 11 is 0. The van der Waals surface area contributed by atoms with Crippen LogP contribution in [0.15, 0.2) is 95.9 Å². The molecule has 0 bridgehead atoms. The van der Waals surface area contributed by atoms with Crippen molar-refractivity contribution in [3.05, 3.63) is 102 Å². The molecule has 0 aromatic heterocycles. The van der Waals surface area contributed by atoms with Crippen molar-refractivity contribution in [3.63, 3.8) is 0 Å². The summed E-state index contributed by atoms with van der Waals surface area (Å²) in [7, 11) is -0.598. The topological polar surface area (TPSA) is 99.6 Å². The van der Waals surface area contributed by atoms with E-state index in [1.807, 2.05) is 60.7 Å². The number of carbonyl (C=O) groups excluding carboxylic acids is 1. The summed E-state index contributed by atoms with van der Waals surface area (Å²) in [6, 6.07) is 27.6. The lowest BCUT2D eigenvalue weighted by atomic mass is 9.77. The minimum Gasteiger partial charge on any atom is -0.444 e. The molecule has 1 saturated heterocycles. The third-order valence-corrected chi connectivity index (χ3v) is 10.1. The number of amides is 1. The molecule has 0 radical (unpaired) electrons. The highest BCUT2D eigenvalue weighted by molar-refractivity contribution is 7.89. The summed E-state index contributed by atoms with van der Waals surface area (Å²) in [6.45, 7) is 2.48. The summed E-state index contributed by atoms with van der Waals surface area (Å²) in [5.74, 6) is 0. The highest BCUT2D eigenvalue weighted by Crippen LogP contribution is 2.32. The molecule has 4 rings (SSSR count). The maximum absolute atomic E-state index is 13.4. The normalized spacial score (nSPS) is 16.1. The first-order chi connectivity index (χ1) is 20.8. The summed E-state index contributed by atoms with van der Waals surface area (Å²) in [5.41, 5.74) is 1.03.